The number of benzene rings is 2. The molecule has 0 aliphatic heterocycles. The van der Waals surface area contributed by atoms with E-state index in [9.17, 15) is 8.42 Å². The standard InChI is InChI=1S/C16H18BrNO2S/c1-11-4-6-14(7-5-11)10-18-21(19,20)16-9-15(17)12(2)8-13(16)3/h4-9,18H,10H2,1-3H3. The monoisotopic (exact) mass is 367 g/mol. The molecule has 2 aromatic carbocycles. The molecular formula is C16H18BrNO2S. The molecule has 0 spiro atoms. The van der Waals surface area contributed by atoms with Gasteiger partial charge < -0.3 is 0 Å². The lowest BCUT2D eigenvalue weighted by Crippen LogP contribution is -2.24. The van der Waals surface area contributed by atoms with Crippen LogP contribution in [0.25, 0.3) is 0 Å². The zero-order valence-corrected chi connectivity index (χ0v) is 14.7. The Labute approximate surface area is 134 Å². The van der Waals surface area contributed by atoms with Crippen molar-refractivity contribution in [2.45, 2.75) is 32.2 Å². The molecule has 0 aliphatic rings. The van der Waals surface area contributed by atoms with Gasteiger partial charge in [0, 0.05) is 11.0 Å². The molecule has 21 heavy (non-hydrogen) atoms. The Hall–Kier alpha value is -1.17. The summed E-state index contributed by atoms with van der Waals surface area (Å²) < 4.78 is 28.3. The first kappa shape index (κ1) is 16.2. The molecule has 2 aromatic rings. The van der Waals surface area contributed by atoms with E-state index >= 15 is 0 Å². The van der Waals surface area contributed by atoms with Crippen molar-refractivity contribution in [2.24, 2.45) is 0 Å². The van der Waals surface area contributed by atoms with Gasteiger partial charge in [-0.25, -0.2) is 13.1 Å². The first-order valence-corrected chi connectivity index (χ1v) is 8.89. The molecule has 0 aromatic heterocycles. The van der Waals surface area contributed by atoms with Gasteiger partial charge in [0.15, 0.2) is 0 Å². The van der Waals surface area contributed by atoms with Crippen molar-refractivity contribution in [3.63, 3.8) is 0 Å². The molecule has 0 atom stereocenters. The maximum absolute atomic E-state index is 12.4. The van der Waals surface area contributed by atoms with Crippen LogP contribution < -0.4 is 4.72 Å². The highest BCUT2D eigenvalue weighted by atomic mass is 79.9. The second kappa shape index (κ2) is 6.30. The highest BCUT2D eigenvalue weighted by Gasteiger charge is 2.17. The molecule has 2 rings (SSSR count). The predicted octanol–water partition coefficient (Wildman–Crippen LogP) is 3.85. The predicted molar refractivity (Wildman–Crippen MR) is 88.8 cm³/mol. The van der Waals surface area contributed by atoms with Crippen LogP contribution in [0.15, 0.2) is 45.8 Å². The quantitative estimate of drug-likeness (QED) is 0.891. The third-order valence-corrected chi connectivity index (χ3v) is 5.73. The van der Waals surface area contributed by atoms with Crippen molar-refractivity contribution in [3.05, 3.63) is 63.1 Å². The maximum Gasteiger partial charge on any atom is 0.241 e. The average Bonchev–Trinajstić information content (AvgIpc) is 2.42. The summed E-state index contributed by atoms with van der Waals surface area (Å²) >= 11 is 3.38. The zero-order valence-electron chi connectivity index (χ0n) is 12.3. The molecule has 0 saturated heterocycles. The summed E-state index contributed by atoms with van der Waals surface area (Å²) in [6, 6.07) is 11.3. The average molecular weight is 368 g/mol. The minimum atomic E-state index is -3.52. The molecule has 0 bridgehead atoms. The summed E-state index contributed by atoms with van der Waals surface area (Å²) in [6.45, 7) is 6.03. The van der Waals surface area contributed by atoms with E-state index in [4.69, 9.17) is 0 Å². The van der Waals surface area contributed by atoms with Crippen LogP contribution in [0.2, 0.25) is 0 Å². The number of aryl methyl sites for hydroxylation is 3. The largest absolute Gasteiger partial charge is 0.241 e. The number of hydrogen-bond acceptors (Lipinski definition) is 2. The number of hydrogen-bond donors (Lipinski definition) is 1. The smallest absolute Gasteiger partial charge is 0.207 e. The Bertz CT molecular complexity index is 753. The van der Waals surface area contributed by atoms with Crippen LogP contribution in [0.1, 0.15) is 22.3 Å². The number of halogens is 1. The first-order chi connectivity index (χ1) is 9.79. The molecule has 1 N–H and O–H groups in total. The van der Waals surface area contributed by atoms with E-state index < -0.39 is 10.0 Å². The molecule has 0 unspecified atom stereocenters. The van der Waals surface area contributed by atoms with Gasteiger partial charge in [-0.1, -0.05) is 51.8 Å². The number of sulfonamides is 1. The van der Waals surface area contributed by atoms with Crippen LogP contribution in [-0.4, -0.2) is 8.42 Å². The fourth-order valence-electron chi connectivity index (χ4n) is 2.06. The van der Waals surface area contributed by atoms with Gasteiger partial charge in [-0.3, -0.25) is 0 Å². The van der Waals surface area contributed by atoms with Crippen molar-refractivity contribution >= 4 is 26.0 Å². The summed E-state index contributed by atoms with van der Waals surface area (Å²) in [5.41, 5.74) is 3.85. The molecule has 0 amide bonds. The minimum Gasteiger partial charge on any atom is -0.207 e. The van der Waals surface area contributed by atoms with Crippen molar-refractivity contribution in [2.75, 3.05) is 0 Å². The highest BCUT2D eigenvalue weighted by molar-refractivity contribution is 9.10. The third kappa shape index (κ3) is 3.93. The maximum atomic E-state index is 12.4. The van der Waals surface area contributed by atoms with E-state index in [1.807, 2.05) is 44.2 Å². The summed E-state index contributed by atoms with van der Waals surface area (Å²) in [6.07, 6.45) is 0. The Kier molecular flexibility index (Phi) is 4.86. The van der Waals surface area contributed by atoms with Gasteiger partial charge in [0.25, 0.3) is 0 Å². The molecule has 3 nitrogen and oxygen atoms in total. The summed E-state index contributed by atoms with van der Waals surface area (Å²) in [7, 11) is -3.52. The van der Waals surface area contributed by atoms with E-state index in [0.29, 0.717) is 4.90 Å². The van der Waals surface area contributed by atoms with Gasteiger partial charge in [-0.15, -0.1) is 0 Å². The molecule has 0 fully saturated rings. The van der Waals surface area contributed by atoms with Gasteiger partial charge in [0.1, 0.15) is 0 Å². The Morgan fingerprint density at radius 1 is 1.00 bits per heavy atom. The molecular weight excluding hydrogens is 350 g/mol. The van der Waals surface area contributed by atoms with Crippen LogP contribution in [0.3, 0.4) is 0 Å². The van der Waals surface area contributed by atoms with Gasteiger partial charge in [0.05, 0.1) is 4.90 Å². The molecule has 0 radical (unpaired) electrons. The van der Waals surface area contributed by atoms with Gasteiger partial charge >= 0.3 is 0 Å². The topological polar surface area (TPSA) is 46.2 Å². The van der Waals surface area contributed by atoms with E-state index in [1.54, 1.807) is 13.0 Å². The lowest BCUT2D eigenvalue weighted by Gasteiger charge is -2.11. The van der Waals surface area contributed by atoms with Gasteiger partial charge in [-0.05, 0) is 43.5 Å². The fraction of sp³-hybridized carbons (Fsp3) is 0.250. The summed E-state index contributed by atoms with van der Waals surface area (Å²) in [5, 5.41) is 0. The van der Waals surface area contributed by atoms with Crippen LogP contribution in [0.4, 0.5) is 0 Å². The molecule has 0 heterocycles. The third-order valence-electron chi connectivity index (χ3n) is 3.33. The fourth-order valence-corrected chi connectivity index (χ4v) is 3.82. The van der Waals surface area contributed by atoms with Gasteiger partial charge in [-0.2, -0.15) is 0 Å². The van der Waals surface area contributed by atoms with Crippen molar-refractivity contribution in [1.29, 1.82) is 0 Å². The first-order valence-electron chi connectivity index (χ1n) is 6.61. The number of rotatable bonds is 4. The van der Waals surface area contributed by atoms with Gasteiger partial charge in [0.2, 0.25) is 10.0 Å². The van der Waals surface area contributed by atoms with E-state index in [2.05, 4.69) is 20.7 Å². The van der Waals surface area contributed by atoms with E-state index in [1.165, 1.54) is 0 Å². The van der Waals surface area contributed by atoms with Crippen molar-refractivity contribution < 1.29 is 8.42 Å². The Morgan fingerprint density at radius 3 is 2.24 bits per heavy atom. The summed E-state index contributed by atoms with van der Waals surface area (Å²) in [5.74, 6) is 0. The lowest BCUT2D eigenvalue weighted by molar-refractivity contribution is 0.580. The van der Waals surface area contributed by atoms with Crippen LogP contribution in [-0.2, 0) is 16.6 Å². The number of nitrogens with one attached hydrogen (secondary N) is 1. The molecule has 5 heteroatoms. The molecule has 0 saturated carbocycles. The summed E-state index contributed by atoms with van der Waals surface area (Å²) in [4.78, 5) is 0.312. The second-order valence-corrected chi connectivity index (χ2v) is 7.77. The van der Waals surface area contributed by atoms with Crippen LogP contribution in [0.5, 0.6) is 0 Å². The lowest BCUT2D eigenvalue weighted by atomic mass is 10.2. The SMILES string of the molecule is Cc1ccc(CNS(=O)(=O)c2cc(Br)c(C)cc2C)cc1. The van der Waals surface area contributed by atoms with E-state index in [0.717, 1.165) is 26.7 Å². The van der Waals surface area contributed by atoms with E-state index in [-0.39, 0.29) is 6.54 Å². The van der Waals surface area contributed by atoms with Crippen LogP contribution >= 0.6 is 15.9 Å². The highest BCUT2D eigenvalue weighted by Crippen LogP contribution is 2.24. The Balaban J connectivity index is 2.22. The Morgan fingerprint density at radius 2 is 1.62 bits per heavy atom. The molecule has 0 aliphatic carbocycles. The van der Waals surface area contributed by atoms with Crippen LogP contribution in [0, 0.1) is 20.8 Å². The minimum absolute atomic E-state index is 0.285. The normalized spacial score (nSPS) is 11.6. The molecule has 112 valence electrons. The van der Waals surface area contributed by atoms with Crippen molar-refractivity contribution in [1.82, 2.24) is 4.72 Å². The zero-order chi connectivity index (χ0) is 15.6. The van der Waals surface area contributed by atoms with Crippen molar-refractivity contribution in [3.8, 4) is 0 Å². The second-order valence-electron chi connectivity index (χ2n) is 5.18.